The molecule has 1 aliphatic carbocycles. The highest BCUT2D eigenvalue weighted by atomic mass is 35.5. The van der Waals surface area contributed by atoms with Crippen LogP contribution in [0.25, 0.3) is 33.9 Å². The van der Waals surface area contributed by atoms with Gasteiger partial charge in [0.25, 0.3) is 5.69 Å². The van der Waals surface area contributed by atoms with Gasteiger partial charge >= 0.3 is 5.97 Å². The molecular weight excluding hydrogens is 504 g/mol. The number of pyridine rings is 1. The quantitative estimate of drug-likeness (QED) is 0.198. The number of halogens is 1. The van der Waals surface area contributed by atoms with Crippen molar-refractivity contribution in [1.29, 1.82) is 0 Å². The van der Waals surface area contributed by atoms with Crippen molar-refractivity contribution in [3.05, 3.63) is 92.3 Å². The van der Waals surface area contributed by atoms with Crippen LogP contribution < -0.4 is 0 Å². The summed E-state index contributed by atoms with van der Waals surface area (Å²) in [5, 5.41) is 22.7. The topological polar surface area (TPSA) is 106 Å². The fraction of sp³-hybridized carbons (Fsp3) is 0.267. The van der Waals surface area contributed by atoms with E-state index >= 15 is 0 Å². The Bertz CT molecular complexity index is 1620. The van der Waals surface area contributed by atoms with Crippen LogP contribution in [0.3, 0.4) is 0 Å². The number of carboxylic acids is 1. The molecule has 2 aromatic heterocycles. The summed E-state index contributed by atoms with van der Waals surface area (Å²) in [6, 6.07) is 15.2. The summed E-state index contributed by atoms with van der Waals surface area (Å²) in [6.07, 6.45) is 4.15. The summed E-state index contributed by atoms with van der Waals surface area (Å²) in [6.45, 7) is 6.56. The van der Waals surface area contributed by atoms with Crippen LogP contribution in [0.1, 0.15) is 61.0 Å². The van der Waals surface area contributed by atoms with Crippen LogP contribution >= 0.6 is 11.6 Å². The summed E-state index contributed by atoms with van der Waals surface area (Å²) >= 11 is 5.98. The molecule has 0 spiro atoms. The van der Waals surface area contributed by atoms with E-state index in [1.165, 1.54) is 6.07 Å². The molecule has 5 rings (SSSR count). The highest BCUT2D eigenvalue weighted by molar-refractivity contribution is 6.30. The predicted octanol–water partition coefficient (Wildman–Crippen LogP) is 8.29. The van der Waals surface area contributed by atoms with E-state index in [0.29, 0.717) is 52.1 Å². The van der Waals surface area contributed by atoms with Gasteiger partial charge in [-0.05, 0) is 71.7 Å². The first-order chi connectivity index (χ1) is 18.1. The van der Waals surface area contributed by atoms with Gasteiger partial charge in [0.2, 0.25) is 0 Å². The second kappa shape index (κ2) is 9.72. The molecule has 38 heavy (non-hydrogen) atoms. The molecule has 0 saturated carbocycles. The van der Waals surface area contributed by atoms with Crippen molar-refractivity contribution >= 4 is 45.8 Å². The van der Waals surface area contributed by atoms with Crippen LogP contribution in [0.15, 0.2) is 59.0 Å². The number of hydrogen-bond acceptors (Lipinski definition) is 5. The third-order valence-corrected chi connectivity index (χ3v) is 8.04. The molecule has 0 radical (unpaired) electrons. The fourth-order valence-electron chi connectivity index (χ4n) is 5.22. The van der Waals surface area contributed by atoms with Crippen LogP contribution in [0.4, 0.5) is 5.69 Å². The van der Waals surface area contributed by atoms with Gasteiger partial charge in [-0.25, -0.2) is 9.78 Å². The molecule has 7 nitrogen and oxygen atoms in total. The number of benzene rings is 2. The number of carbonyl (C=O) groups is 1. The summed E-state index contributed by atoms with van der Waals surface area (Å²) in [5.74, 6) is 0.0787. The second-order valence-electron chi connectivity index (χ2n) is 10.4. The molecule has 0 unspecified atom stereocenters. The van der Waals surface area contributed by atoms with Crippen molar-refractivity contribution in [3.8, 4) is 11.3 Å². The molecule has 1 atom stereocenters. The smallest absolute Gasteiger partial charge is 0.336 e. The van der Waals surface area contributed by atoms with Gasteiger partial charge in [-0.15, -0.1) is 0 Å². The largest absolute Gasteiger partial charge is 0.478 e. The van der Waals surface area contributed by atoms with Crippen molar-refractivity contribution in [3.63, 3.8) is 0 Å². The number of carboxylic acid groups (broad SMARTS) is 1. The lowest BCUT2D eigenvalue weighted by molar-refractivity contribution is -0.384. The Morgan fingerprint density at radius 2 is 1.97 bits per heavy atom. The van der Waals surface area contributed by atoms with Crippen molar-refractivity contribution in [2.75, 3.05) is 0 Å². The average molecular weight is 531 g/mol. The Morgan fingerprint density at radius 1 is 1.21 bits per heavy atom. The fourth-order valence-corrected chi connectivity index (χ4v) is 5.39. The number of hydrogen-bond donors (Lipinski definition) is 1. The Hall–Kier alpha value is -3.97. The first kappa shape index (κ1) is 25.7. The molecule has 194 valence electrons. The highest BCUT2D eigenvalue weighted by Crippen LogP contribution is 2.46. The Kier molecular flexibility index (Phi) is 6.57. The maximum absolute atomic E-state index is 12.5. The van der Waals surface area contributed by atoms with E-state index < -0.39 is 10.9 Å². The number of nitrogens with zero attached hydrogens (tertiary/aromatic N) is 2. The van der Waals surface area contributed by atoms with Gasteiger partial charge in [-0.1, -0.05) is 57.0 Å². The van der Waals surface area contributed by atoms with Crippen molar-refractivity contribution in [1.82, 2.24) is 4.98 Å². The standard InChI is InChI=1S/C30H27ClN2O5/c1-4-30(2,3)18-13-17(28-23(15-18)27(29(34)35)21-7-5-6-8-24(21)32-28)14-20-10-12-26(38-20)22-11-9-19(31)16-25(22)33(36)37/h5-12,14,16,18H,4,13,15H2,1-3H3,(H,34,35)/b17-14-/t18-/m1/s1. The number of rotatable bonds is 6. The molecule has 0 aliphatic heterocycles. The molecule has 1 N–H and O–H groups in total. The van der Waals surface area contributed by atoms with E-state index in [1.807, 2.05) is 30.3 Å². The maximum Gasteiger partial charge on any atom is 0.336 e. The summed E-state index contributed by atoms with van der Waals surface area (Å²) < 4.78 is 6.06. The van der Waals surface area contributed by atoms with Crippen LogP contribution in [-0.2, 0) is 6.42 Å². The number of furan rings is 1. The molecule has 4 aromatic rings. The molecule has 0 bridgehead atoms. The third-order valence-electron chi connectivity index (χ3n) is 7.81. The normalized spacial score (nSPS) is 16.5. The van der Waals surface area contributed by atoms with Gasteiger partial charge in [-0.2, -0.15) is 0 Å². The van der Waals surface area contributed by atoms with Gasteiger partial charge in [0.15, 0.2) is 0 Å². The minimum Gasteiger partial charge on any atom is -0.478 e. The van der Waals surface area contributed by atoms with Crippen molar-refractivity contribution in [2.24, 2.45) is 11.3 Å². The zero-order valence-electron chi connectivity index (χ0n) is 21.3. The monoisotopic (exact) mass is 530 g/mol. The van der Waals surface area contributed by atoms with Crippen LogP contribution in [-0.4, -0.2) is 21.0 Å². The highest BCUT2D eigenvalue weighted by Gasteiger charge is 2.36. The Labute approximate surface area is 224 Å². The number of para-hydroxylation sites is 1. The van der Waals surface area contributed by atoms with E-state index in [2.05, 4.69) is 20.8 Å². The van der Waals surface area contributed by atoms with Gasteiger partial charge in [0.1, 0.15) is 11.5 Å². The van der Waals surface area contributed by atoms with Crippen LogP contribution in [0, 0.1) is 21.4 Å². The summed E-state index contributed by atoms with van der Waals surface area (Å²) in [5.41, 5.74) is 3.37. The molecule has 0 fully saturated rings. The molecule has 2 aromatic carbocycles. The van der Waals surface area contributed by atoms with Gasteiger partial charge in [0.05, 0.1) is 27.3 Å². The van der Waals surface area contributed by atoms with E-state index in [-0.39, 0.29) is 22.0 Å². The summed E-state index contributed by atoms with van der Waals surface area (Å²) in [4.78, 5) is 28.5. The minimum absolute atomic E-state index is 0.0313. The van der Waals surface area contributed by atoms with Crippen molar-refractivity contribution in [2.45, 2.75) is 40.0 Å². The van der Waals surface area contributed by atoms with E-state index in [1.54, 1.807) is 24.3 Å². The number of nitro groups is 1. The summed E-state index contributed by atoms with van der Waals surface area (Å²) in [7, 11) is 0. The maximum atomic E-state index is 12.5. The van der Waals surface area contributed by atoms with Crippen LogP contribution in [0.2, 0.25) is 5.02 Å². The zero-order valence-corrected chi connectivity index (χ0v) is 22.1. The lowest BCUT2D eigenvalue weighted by Crippen LogP contribution is -2.30. The van der Waals surface area contributed by atoms with E-state index in [0.717, 1.165) is 17.6 Å². The molecular formula is C30H27ClN2O5. The zero-order chi connectivity index (χ0) is 27.2. The number of fused-ring (bicyclic) bond motifs is 2. The number of nitro benzene ring substituents is 1. The molecule has 2 heterocycles. The lowest BCUT2D eigenvalue weighted by atomic mass is 9.67. The SMILES string of the molecule is CCC(C)(C)[C@@H]1C/C(=C/c2ccc(-c3ccc(Cl)cc3[N+](=O)[O-])o2)c2nc3ccccc3c(C(=O)O)c2C1. The Balaban J connectivity index is 1.68. The van der Waals surface area contributed by atoms with E-state index in [4.69, 9.17) is 21.0 Å². The number of aromatic nitrogens is 1. The predicted molar refractivity (Wildman–Crippen MR) is 148 cm³/mol. The molecule has 0 amide bonds. The van der Waals surface area contributed by atoms with E-state index in [9.17, 15) is 20.0 Å². The van der Waals surface area contributed by atoms with Crippen molar-refractivity contribution < 1.29 is 19.2 Å². The first-order valence-corrected chi connectivity index (χ1v) is 12.9. The van der Waals surface area contributed by atoms with Gasteiger partial charge in [0, 0.05) is 16.5 Å². The number of aromatic carboxylic acids is 1. The minimum atomic E-state index is -0.968. The Morgan fingerprint density at radius 3 is 2.68 bits per heavy atom. The van der Waals surface area contributed by atoms with Gasteiger partial charge in [-0.3, -0.25) is 10.1 Å². The average Bonchev–Trinajstić information content (AvgIpc) is 3.35. The third kappa shape index (κ3) is 4.58. The second-order valence-corrected chi connectivity index (χ2v) is 10.8. The van der Waals surface area contributed by atoms with Gasteiger partial charge < -0.3 is 9.52 Å². The molecule has 8 heteroatoms. The molecule has 0 saturated heterocycles. The molecule has 1 aliphatic rings. The number of allylic oxidation sites excluding steroid dienone is 1. The lowest BCUT2D eigenvalue weighted by Gasteiger charge is -2.38. The first-order valence-electron chi connectivity index (χ1n) is 12.5. The van der Waals surface area contributed by atoms with Crippen LogP contribution in [0.5, 0.6) is 0 Å².